The summed E-state index contributed by atoms with van der Waals surface area (Å²) in [7, 11) is 0. The van der Waals surface area contributed by atoms with E-state index in [0.717, 1.165) is 6.54 Å². The summed E-state index contributed by atoms with van der Waals surface area (Å²) in [6.07, 6.45) is 1.62. The third-order valence-corrected chi connectivity index (χ3v) is 1.02. The molecule has 1 unspecified atom stereocenters. The van der Waals surface area contributed by atoms with Gasteiger partial charge in [0.2, 0.25) is 0 Å². The third kappa shape index (κ3) is 4.12. The first-order valence-corrected chi connectivity index (χ1v) is 2.95. The molecule has 0 radical (unpaired) electrons. The highest BCUT2D eigenvalue weighted by Gasteiger charge is 1.91. The largest absolute Gasteiger partial charge is 0.329 e. The minimum atomic E-state index is -0.140. The Balaban J connectivity index is 2.98. The first-order valence-electron chi connectivity index (χ1n) is 2.51. The zero-order valence-electron chi connectivity index (χ0n) is 4.73. The van der Waals surface area contributed by atoms with Crippen molar-refractivity contribution in [2.75, 3.05) is 13.1 Å². The Kier molecular flexibility index (Phi) is 5.06. The van der Waals surface area contributed by atoms with Crippen LogP contribution in [0.2, 0.25) is 0 Å². The van der Waals surface area contributed by atoms with Crippen LogP contribution in [-0.4, -0.2) is 18.6 Å². The van der Waals surface area contributed by atoms with Gasteiger partial charge in [0.25, 0.3) is 0 Å². The molecule has 0 aliphatic carbocycles. The molecule has 0 amide bonds. The molecule has 0 fully saturated rings. The minimum Gasteiger partial charge on any atom is -0.329 e. The van der Waals surface area contributed by atoms with Gasteiger partial charge in [-0.15, -0.1) is 18.2 Å². The lowest BCUT2D eigenvalue weighted by Crippen LogP contribution is -2.27. The van der Waals surface area contributed by atoms with Gasteiger partial charge in [-0.3, -0.25) is 5.32 Å². The number of hydrogen-bond acceptors (Lipinski definition) is 2. The predicted octanol–water partition coefficient (Wildman–Crippen LogP) is 0.286. The molecule has 0 bridgehead atoms. The first-order chi connectivity index (χ1) is 3.81. The lowest BCUT2D eigenvalue weighted by molar-refractivity contribution is 0.718. The summed E-state index contributed by atoms with van der Waals surface area (Å²) in [6.45, 7) is 4.82. The summed E-state index contributed by atoms with van der Waals surface area (Å²) in [4.78, 5) is 0. The minimum absolute atomic E-state index is 0.140. The zero-order valence-corrected chi connectivity index (χ0v) is 5.49. The molecule has 8 heavy (non-hydrogen) atoms. The predicted molar refractivity (Wildman–Crippen MR) is 36.9 cm³/mol. The van der Waals surface area contributed by atoms with Gasteiger partial charge in [0.15, 0.2) is 0 Å². The van der Waals surface area contributed by atoms with Crippen LogP contribution in [0.3, 0.4) is 0 Å². The van der Waals surface area contributed by atoms with E-state index >= 15 is 0 Å². The van der Waals surface area contributed by atoms with Crippen LogP contribution in [0.4, 0.5) is 0 Å². The molecule has 48 valence electrons. The molecule has 0 spiro atoms. The number of nitrogens with two attached hydrogens (primary N) is 1. The lowest BCUT2D eigenvalue weighted by atomic mass is 10.5. The Bertz CT molecular complexity index is 65.4. The van der Waals surface area contributed by atoms with E-state index < -0.39 is 0 Å². The van der Waals surface area contributed by atoms with E-state index in [2.05, 4.69) is 11.9 Å². The maximum atomic E-state index is 5.56. The zero-order chi connectivity index (χ0) is 6.41. The molecular formula is C5H11ClN2. The standard InChI is InChI=1S/C5H11ClN2/c1-2-5(6)8-4-3-7/h2,5,8H,1,3-4,7H2. The number of halogens is 1. The molecule has 0 aliphatic rings. The SMILES string of the molecule is C=CC(Cl)NCCN. The molecule has 0 rings (SSSR count). The average molecular weight is 135 g/mol. The van der Waals surface area contributed by atoms with Crippen LogP contribution in [-0.2, 0) is 0 Å². The Morgan fingerprint density at radius 3 is 2.88 bits per heavy atom. The van der Waals surface area contributed by atoms with E-state index in [1.807, 2.05) is 0 Å². The van der Waals surface area contributed by atoms with Crippen molar-refractivity contribution in [2.24, 2.45) is 5.73 Å². The van der Waals surface area contributed by atoms with Crippen molar-refractivity contribution in [3.05, 3.63) is 12.7 Å². The fraction of sp³-hybridized carbons (Fsp3) is 0.600. The fourth-order valence-electron chi connectivity index (χ4n) is 0.305. The van der Waals surface area contributed by atoms with Crippen molar-refractivity contribution < 1.29 is 0 Å². The van der Waals surface area contributed by atoms with E-state index in [0.29, 0.717) is 6.54 Å². The van der Waals surface area contributed by atoms with E-state index in [9.17, 15) is 0 Å². The molecule has 0 aromatic heterocycles. The highest BCUT2D eigenvalue weighted by atomic mass is 35.5. The highest BCUT2D eigenvalue weighted by molar-refractivity contribution is 6.21. The molecular weight excluding hydrogens is 124 g/mol. The normalized spacial score (nSPS) is 13.2. The van der Waals surface area contributed by atoms with Gasteiger partial charge < -0.3 is 5.73 Å². The van der Waals surface area contributed by atoms with Crippen LogP contribution in [0.15, 0.2) is 12.7 Å². The highest BCUT2D eigenvalue weighted by Crippen LogP contribution is 1.87. The second-order valence-corrected chi connectivity index (χ2v) is 1.85. The van der Waals surface area contributed by atoms with Crippen LogP contribution in [0, 0.1) is 0 Å². The summed E-state index contributed by atoms with van der Waals surface area (Å²) in [5.41, 5.74) is 5.04. The molecule has 0 aromatic carbocycles. The molecule has 0 heterocycles. The summed E-state index contributed by atoms with van der Waals surface area (Å²) >= 11 is 5.56. The van der Waals surface area contributed by atoms with Crippen LogP contribution in [0.25, 0.3) is 0 Å². The Morgan fingerprint density at radius 2 is 2.50 bits per heavy atom. The van der Waals surface area contributed by atoms with E-state index in [1.165, 1.54) is 0 Å². The number of alkyl halides is 1. The number of nitrogens with one attached hydrogen (secondary N) is 1. The second kappa shape index (κ2) is 5.09. The van der Waals surface area contributed by atoms with Gasteiger partial charge in [-0.25, -0.2) is 0 Å². The Morgan fingerprint density at radius 1 is 1.88 bits per heavy atom. The number of rotatable bonds is 4. The van der Waals surface area contributed by atoms with Crippen molar-refractivity contribution in [2.45, 2.75) is 5.50 Å². The van der Waals surface area contributed by atoms with Crippen molar-refractivity contribution in [3.63, 3.8) is 0 Å². The fourth-order valence-corrected chi connectivity index (χ4v) is 0.414. The van der Waals surface area contributed by atoms with Crippen molar-refractivity contribution in [1.82, 2.24) is 5.32 Å². The Hall–Kier alpha value is -0.0500. The van der Waals surface area contributed by atoms with Crippen molar-refractivity contribution in [1.29, 1.82) is 0 Å². The van der Waals surface area contributed by atoms with Crippen molar-refractivity contribution >= 4 is 11.6 Å². The van der Waals surface area contributed by atoms with E-state index in [-0.39, 0.29) is 5.50 Å². The van der Waals surface area contributed by atoms with Gasteiger partial charge in [0.05, 0.1) is 0 Å². The molecule has 3 heteroatoms. The summed E-state index contributed by atoms with van der Waals surface area (Å²) in [5, 5.41) is 2.90. The summed E-state index contributed by atoms with van der Waals surface area (Å²) in [6, 6.07) is 0. The smallest absolute Gasteiger partial charge is 0.101 e. The molecule has 0 aliphatic heterocycles. The maximum Gasteiger partial charge on any atom is 0.101 e. The lowest BCUT2D eigenvalue weighted by Gasteiger charge is -2.02. The summed E-state index contributed by atoms with van der Waals surface area (Å²) < 4.78 is 0. The quantitative estimate of drug-likeness (QED) is 0.330. The molecule has 3 N–H and O–H groups in total. The van der Waals surface area contributed by atoms with Gasteiger partial charge in [-0.1, -0.05) is 6.08 Å². The number of hydrogen-bond donors (Lipinski definition) is 2. The van der Waals surface area contributed by atoms with E-state index in [1.54, 1.807) is 6.08 Å². The molecule has 2 nitrogen and oxygen atoms in total. The molecule has 0 aromatic rings. The van der Waals surface area contributed by atoms with E-state index in [4.69, 9.17) is 17.3 Å². The topological polar surface area (TPSA) is 38.0 Å². The first kappa shape index (κ1) is 7.95. The summed E-state index contributed by atoms with van der Waals surface area (Å²) in [5.74, 6) is 0. The second-order valence-electron chi connectivity index (χ2n) is 1.38. The molecule has 0 saturated heterocycles. The molecule has 1 atom stereocenters. The molecule has 0 saturated carbocycles. The Labute approximate surface area is 54.7 Å². The van der Waals surface area contributed by atoms with Gasteiger partial charge in [0.1, 0.15) is 5.50 Å². The maximum absolute atomic E-state index is 5.56. The van der Waals surface area contributed by atoms with Crippen LogP contribution in [0.1, 0.15) is 0 Å². The van der Waals surface area contributed by atoms with Gasteiger partial charge in [-0.2, -0.15) is 0 Å². The van der Waals surface area contributed by atoms with Gasteiger partial charge >= 0.3 is 0 Å². The monoisotopic (exact) mass is 134 g/mol. The van der Waals surface area contributed by atoms with Gasteiger partial charge in [-0.05, 0) is 0 Å². The van der Waals surface area contributed by atoms with Crippen LogP contribution >= 0.6 is 11.6 Å². The third-order valence-electron chi connectivity index (χ3n) is 0.691. The average Bonchev–Trinajstić information content (AvgIpc) is 1.83. The van der Waals surface area contributed by atoms with Gasteiger partial charge in [0, 0.05) is 13.1 Å². The van der Waals surface area contributed by atoms with Crippen LogP contribution < -0.4 is 11.1 Å². The van der Waals surface area contributed by atoms with Crippen LogP contribution in [0.5, 0.6) is 0 Å². The van der Waals surface area contributed by atoms with Crippen molar-refractivity contribution in [3.8, 4) is 0 Å².